The Bertz CT molecular complexity index is 72.6. The van der Waals surface area contributed by atoms with Crippen molar-refractivity contribution in [1.82, 2.24) is 0 Å². The molecule has 1 aliphatic rings. The first-order valence-corrected chi connectivity index (χ1v) is 4.23. The smallest absolute Gasteiger partial charge is 0.0370 e. The van der Waals surface area contributed by atoms with Gasteiger partial charge in [-0.2, -0.15) is 0 Å². The quantitative estimate of drug-likeness (QED) is 0.498. The lowest BCUT2D eigenvalue weighted by Gasteiger charge is -2.22. The summed E-state index contributed by atoms with van der Waals surface area (Å²) >= 11 is 5.92. The number of hydrogen-bond acceptors (Lipinski definition) is 0. The Morgan fingerprint density at radius 2 is 1.78 bits per heavy atom. The van der Waals surface area contributed by atoms with Crippen LogP contribution in [0, 0.1) is 5.92 Å². The molecule has 0 amide bonds. The highest BCUT2D eigenvalue weighted by Crippen LogP contribution is 2.30. The third kappa shape index (κ3) is 2.17. The van der Waals surface area contributed by atoms with Crippen molar-refractivity contribution < 1.29 is 0 Å². The average molecular weight is 146 g/mol. The van der Waals surface area contributed by atoms with Crippen molar-refractivity contribution in [3.05, 3.63) is 5.92 Å². The third-order valence-electron chi connectivity index (χ3n) is 2.06. The maximum absolute atomic E-state index is 5.92. The van der Waals surface area contributed by atoms with Gasteiger partial charge in [0.2, 0.25) is 0 Å². The molecule has 1 saturated carbocycles. The van der Waals surface area contributed by atoms with Crippen LogP contribution in [0.15, 0.2) is 0 Å². The summed E-state index contributed by atoms with van der Waals surface area (Å²) < 4.78 is 0. The van der Waals surface area contributed by atoms with Crippen LogP contribution in [0.2, 0.25) is 0 Å². The monoisotopic (exact) mass is 145 g/mol. The number of halogens is 1. The van der Waals surface area contributed by atoms with Crippen LogP contribution in [0.3, 0.4) is 0 Å². The molecule has 1 radical (unpaired) electrons. The van der Waals surface area contributed by atoms with Gasteiger partial charge in [0.1, 0.15) is 0 Å². The molecule has 1 rings (SSSR count). The Morgan fingerprint density at radius 3 is 2.11 bits per heavy atom. The molecule has 1 fully saturated rings. The Balaban J connectivity index is 2.23. The van der Waals surface area contributed by atoms with Crippen molar-refractivity contribution in [3.8, 4) is 0 Å². The van der Waals surface area contributed by atoms with Crippen LogP contribution in [0.25, 0.3) is 0 Å². The Labute approximate surface area is 62.6 Å². The van der Waals surface area contributed by atoms with Gasteiger partial charge in [-0.05, 0) is 25.7 Å². The van der Waals surface area contributed by atoms with E-state index in [9.17, 15) is 0 Å². The molecule has 53 valence electrons. The van der Waals surface area contributed by atoms with Crippen LogP contribution in [0.4, 0.5) is 0 Å². The summed E-state index contributed by atoms with van der Waals surface area (Å²) in [4.78, 5) is 0. The minimum Gasteiger partial charge on any atom is -0.123 e. The normalized spacial score (nSPS) is 26.0. The van der Waals surface area contributed by atoms with Gasteiger partial charge in [0.25, 0.3) is 0 Å². The van der Waals surface area contributed by atoms with E-state index in [1.807, 2.05) is 0 Å². The number of alkyl halides is 1. The molecule has 1 heteroatoms. The summed E-state index contributed by atoms with van der Waals surface area (Å²) in [6.07, 6.45) is 6.71. The third-order valence-corrected chi connectivity index (χ3v) is 2.37. The van der Waals surface area contributed by atoms with E-state index in [-0.39, 0.29) is 0 Å². The zero-order valence-electron chi connectivity index (χ0n) is 5.99. The van der Waals surface area contributed by atoms with E-state index in [0.717, 1.165) is 0 Å². The van der Waals surface area contributed by atoms with Gasteiger partial charge >= 0.3 is 0 Å². The molecule has 0 spiro atoms. The lowest BCUT2D eigenvalue weighted by Crippen LogP contribution is -2.12. The van der Waals surface area contributed by atoms with E-state index in [4.69, 9.17) is 11.6 Å². The minimum atomic E-state index is 0.324. The highest BCUT2D eigenvalue weighted by molar-refractivity contribution is 6.21. The number of rotatable bonds is 1. The molecule has 0 nitrogen and oxygen atoms in total. The lowest BCUT2D eigenvalue weighted by molar-refractivity contribution is 0.518. The average Bonchev–Trinajstić information content (AvgIpc) is 1.90. The molecule has 0 saturated heterocycles. The summed E-state index contributed by atoms with van der Waals surface area (Å²) in [7, 11) is 0. The summed E-state index contributed by atoms with van der Waals surface area (Å²) in [6.45, 7) is 2.09. The van der Waals surface area contributed by atoms with Crippen molar-refractivity contribution in [3.63, 3.8) is 0 Å². The largest absolute Gasteiger partial charge is 0.123 e. The van der Waals surface area contributed by atoms with Crippen LogP contribution >= 0.6 is 11.6 Å². The van der Waals surface area contributed by atoms with E-state index in [1.165, 1.54) is 32.1 Å². The maximum Gasteiger partial charge on any atom is 0.0370 e. The summed E-state index contributed by atoms with van der Waals surface area (Å²) in [5.41, 5.74) is 0. The molecule has 0 aromatic carbocycles. The summed E-state index contributed by atoms with van der Waals surface area (Å²) in [5.74, 6) is 1.57. The van der Waals surface area contributed by atoms with Crippen molar-refractivity contribution in [2.75, 3.05) is 0 Å². The van der Waals surface area contributed by atoms with Crippen molar-refractivity contribution in [1.29, 1.82) is 0 Å². The van der Waals surface area contributed by atoms with E-state index >= 15 is 0 Å². The number of hydrogen-bond donors (Lipinski definition) is 0. The van der Waals surface area contributed by atoms with Gasteiger partial charge in [0, 0.05) is 5.38 Å². The molecule has 0 heterocycles. The van der Waals surface area contributed by atoms with Crippen LogP contribution in [0.5, 0.6) is 0 Å². The molecular weight excluding hydrogens is 132 g/mol. The van der Waals surface area contributed by atoms with E-state index in [1.54, 1.807) is 5.92 Å². The molecule has 1 aliphatic carbocycles. The van der Waals surface area contributed by atoms with Gasteiger partial charge in [-0.25, -0.2) is 0 Å². The Morgan fingerprint density at radius 1 is 1.22 bits per heavy atom. The van der Waals surface area contributed by atoms with Gasteiger partial charge in [0.05, 0.1) is 0 Å². The molecule has 0 aromatic heterocycles. The zero-order chi connectivity index (χ0) is 6.69. The molecular formula is C8H14Cl. The molecule has 0 aliphatic heterocycles. The second-order valence-corrected chi connectivity index (χ2v) is 3.49. The Hall–Kier alpha value is 0.290. The Kier molecular flexibility index (Phi) is 2.84. The van der Waals surface area contributed by atoms with E-state index in [2.05, 4.69) is 6.92 Å². The highest BCUT2D eigenvalue weighted by atomic mass is 35.5. The lowest BCUT2D eigenvalue weighted by atomic mass is 9.87. The van der Waals surface area contributed by atoms with Gasteiger partial charge < -0.3 is 0 Å². The van der Waals surface area contributed by atoms with Crippen molar-refractivity contribution in [2.45, 2.75) is 44.4 Å². The van der Waals surface area contributed by atoms with Crippen molar-refractivity contribution in [2.24, 2.45) is 0 Å². The first-order chi connectivity index (χ1) is 4.30. The fourth-order valence-electron chi connectivity index (χ4n) is 1.40. The van der Waals surface area contributed by atoms with Gasteiger partial charge in [0.15, 0.2) is 0 Å². The topological polar surface area (TPSA) is 0 Å². The van der Waals surface area contributed by atoms with Gasteiger partial charge in [-0.3, -0.25) is 0 Å². The second-order valence-electron chi connectivity index (χ2n) is 2.83. The highest BCUT2D eigenvalue weighted by Gasteiger charge is 2.17. The summed E-state index contributed by atoms with van der Waals surface area (Å²) in [5, 5.41) is 0.324. The van der Waals surface area contributed by atoms with Crippen LogP contribution in [-0.4, -0.2) is 5.38 Å². The fourth-order valence-corrected chi connectivity index (χ4v) is 1.62. The second kappa shape index (κ2) is 3.46. The van der Waals surface area contributed by atoms with E-state index < -0.39 is 0 Å². The standard InChI is InChI=1S/C8H14Cl/c1-7(9)8-5-3-2-4-6-8/h7H,2-6H2,1H3. The molecule has 0 bridgehead atoms. The van der Waals surface area contributed by atoms with Gasteiger partial charge in [-0.15, -0.1) is 11.6 Å². The van der Waals surface area contributed by atoms with Crippen LogP contribution in [-0.2, 0) is 0 Å². The predicted molar refractivity (Wildman–Crippen MR) is 41.6 cm³/mol. The predicted octanol–water partition coefficient (Wildman–Crippen LogP) is 3.15. The molecule has 1 unspecified atom stereocenters. The molecule has 1 atom stereocenters. The first-order valence-electron chi connectivity index (χ1n) is 3.79. The maximum atomic E-state index is 5.92. The van der Waals surface area contributed by atoms with E-state index in [0.29, 0.717) is 5.38 Å². The van der Waals surface area contributed by atoms with Crippen molar-refractivity contribution >= 4 is 11.6 Å². The van der Waals surface area contributed by atoms with Gasteiger partial charge in [-0.1, -0.05) is 19.3 Å². The summed E-state index contributed by atoms with van der Waals surface area (Å²) in [6, 6.07) is 0. The molecule has 9 heavy (non-hydrogen) atoms. The fraction of sp³-hybridized carbons (Fsp3) is 0.875. The first kappa shape index (κ1) is 7.40. The SMILES string of the molecule is CC(Cl)[C]1CCCCC1. The molecule has 0 N–H and O–H groups in total. The van der Waals surface area contributed by atoms with Crippen LogP contribution < -0.4 is 0 Å². The zero-order valence-corrected chi connectivity index (χ0v) is 6.75. The van der Waals surface area contributed by atoms with Crippen LogP contribution in [0.1, 0.15) is 39.0 Å². The molecule has 0 aromatic rings. The minimum absolute atomic E-state index is 0.324.